The van der Waals surface area contributed by atoms with Crippen LogP contribution in [0.3, 0.4) is 0 Å². The van der Waals surface area contributed by atoms with E-state index in [2.05, 4.69) is 5.32 Å². The molecule has 0 aromatic carbocycles. The van der Waals surface area contributed by atoms with Crippen LogP contribution in [-0.4, -0.2) is 104 Å². The predicted octanol–water partition coefficient (Wildman–Crippen LogP) is -4.66. The molecule has 0 heterocycles. The van der Waals surface area contributed by atoms with E-state index in [0.717, 1.165) is 0 Å². The molecule has 0 fully saturated rings. The van der Waals surface area contributed by atoms with E-state index in [1.165, 1.54) is 6.92 Å². The minimum atomic E-state index is -1.29. The lowest BCUT2D eigenvalue weighted by Crippen LogP contribution is -2.34. The van der Waals surface area contributed by atoms with Crippen molar-refractivity contribution in [1.82, 2.24) is 5.32 Å². The fraction of sp³-hybridized carbons (Fsp3) is 0.625. The number of guanidine groups is 1. The van der Waals surface area contributed by atoms with Crippen LogP contribution in [0.25, 0.3) is 0 Å². The zero-order chi connectivity index (χ0) is 28.0. The minimum Gasteiger partial charge on any atom is -0.481 e. The third-order valence-electron chi connectivity index (χ3n) is 2.94. The molecule has 0 rings (SSSR count). The smallest absolute Gasteiger partial charge is 0.322 e. The molecule has 0 aromatic rings. The molecule has 200 valence electrons. The van der Waals surface area contributed by atoms with Crippen LogP contribution < -0.4 is 34.0 Å². The van der Waals surface area contributed by atoms with Gasteiger partial charge in [-0.1, -0.05) is 0 Å². The number of aliphatic carboxylic acids is 5. The van der Waals surface area contributed by atoms with E-state index in [1.807, 2.05) is 0 Å². The lowest BCUT2D eigenvalue weighted by molar-refractivity contribution is -0.144. The first kappa shape index (κ1) is 37.7. The fourth-order valence-corrected chi connectivity index (χ4v) is 1.02. The highest BCUT2D eigenvalue weighted by Gasteiger charge is 2.14. The number of carboxylic acids is 5. The second-order valence-electron chi connectivity index (χ2n) is 6.22. The summed E-state index contributed by atoms with van der Waals surface area (Å²) in [5.74, 6) is -5.75. The van der Waals surface area contributed by atoms with E-state index in [1.54, 1.807) is 0 Å². The van der Waals surface area contributed by atoms with Gasteiger partial charge in [0.25, 0.3) is 0 Å². The summed E-state index contributed by atoms with van der Waals surface area (Å²) in [6.45, 7) is 1.40. The van der Waals surface area contributed by atoms with Crippen molar-refractivity contribution in [2.24, 2.45) is 28.7 Å². The highest BCUT2D eigenvalue weighted by molar-refractivity contribution is 5.80. The first-order valence-corrected chi connectivity index (χ1v) is 9.24. The lowest BCUT2D eigenvalue weighted by Gasteiger charge is -2.06. The van der Waals surface area contributed by atoms with Crippen molar-refractivity contribution < 1.29 is 54.6 Å². The number of nitrogens with one attached hydrogen (secondary N) is 2. The van der Waals surface area contributed by atoms with Crippen LogP contribution in [0.1, 0.15) is 26.2 Å². The van der Waals surface area contributed by atoms with Crippen LogP contribution in [0.15, 0.2) is 0 Å². The molecule has 0 aliphatic rings. The summed E-state index contributed by atoms with van der Waals surface area (Å²) in [4.78, 5) is 49.1. The Hall–Kier alpha value is -3.58. The molecule has 0 saturated heterocycles. The number of hydrogen-bond donors (Lipinski definition) is 13. The Morgan fingerprint density at radius 3 is 1.35 bits per heavy atom. The van der Waals surface area contributed by atoms with Gasteiger partial charge in [0, 0.05) is 6.54 Å². The van der Waals surface area contributed by atoms with Gasteiger partial charge in [0.2, 0.25) is 0 Å². The van der Waals surface area contributed by atoms with Gasteiger partial charge in [-0.3, -0.25) is 29.4 Å². The highest BCUT2D eigenvalue weighted by atomic mass is 16.4. The summed E-state index contributed by atoms with van der Waals surface area (Å²) >= 11 is 0. The van der Waals surface area contributed by atoms with E-state index in [-0.39, 0.29) is 5.96 Å². The summed E-state index contributed by atoms with van der Waals surface area (Å²) in [5, 5.41) is 57.5. The summed E-state index contributed by atoms with van der Waals surface area (Å²) in [6.07, 6.45) is 0.442. The van der Waals surface area contributed by atoms with E-state index < -0.39 is 67.0 Å². The molecule has 18 N–H and O–H groups in total. The minimum absolute atomic E-state index is 0.112. The number of hydrogen-bond acceptors (Lipinski definition) is 11. The van der Waals surface area contributed by atoms with Gasteiger partial charge in [0.1, 0.15) is 24.2 Å². The van der Waals surface area contributed by atoms with Gasteiger partial charge in [-0.05, 0) is 19.8 Å². The molecule has 0 aliphatic carbocycles. The fourth-order valence-electron chi connectivity index (χ4n) is 1.02. The molecule has 0 unspecified atom stereocenters. The third-order valence-corrected chi connectivity index (χ3v) is 2.94. The highest BCUT2D eigenvalue weighted by Crippen LogP contribution is 1.92. The average Bonchev–Trinajstić information content (AvgIpc) is 2.70. The SMILES string of the molecule is C[C@H](N)C(=O)O.N=C(N)NCCC[C@H](N)C(=O)O.N[C@@H](CC(=O)O)C(=O)O.N[C@@H](CO)C(=O)O. The molecule has 0 amide bonds. The Labute approximate surface area is 194 Å². The molecular weight excluding hydrogens is 466 g/mol. The summed E-state index contributed by atoms with van der Waals surface area (Å²) in [7, 11) is 0. The van der Waals surface area contributed by atoms with Gasteiger partial charge in [0.15, 0.2) is 5.96 Å². The second-order valence-corrected chi connectivity index (χ2v) is 6.22. The molecule has 0 aromatic heterocycles. The van der Waals surface area contributed by atoms with Crippen molar-refractivity contribution in [1.29, 1.82) is 5.41 Å². The Kier molecular flexibility index (Phi) is 25.1. The second kappa shape index (κ2) is 22.6. The van der Waals surface area contributed by atoms with Gasteiger partial charge in [-0.2, -0.15) is 0 Å². The molecule has 4 atom stereocenters. The third kappa shape index (κ3) is 33.1. The van der Waals surface area contributed by atoms with Gasteiger partial charge in [-0.15, -0.1) is 0 Å². The normalized spacial score (nSPS) is 12.8. The van der Waals surface area contributed by atoms with Crippen molar-refractivity contribution >= 4 is 35.8 Å². The molecule has 0 aliphatic heterocycles. The van der Waals surface area contributed by atoms with E-state index in [4.69, 9.17) is 64.7 Å². The molecule has 0 radical (unpaired) electrons. The Morgan fingerprint density at radius 2 is 1.18 bits per heavy atom. The van der Waals surface area contributed by atoms with Crippen LogP contribution in [0, 0.1) is 5.41 Å². The van der Waals surface area contributed by atoms with Crippen molar-refractivity contribution in [2.45, 2.75) is 50.4 Å². The number of aliphatic hydroxyl groups excluding tert-OH is 1. The number of nitrogens with two attached hydrogens (primary N) is 5. The number of aliphatic hydroxyl groups is 1. The largest absolute Gasteiger partial charge is 0.481 e. The number of carbonyl (C=O) groups is 5. The zero-order valence-electron chi connectivity index (χ0n) is 18.5. The summed E-state index contributed by atoms with van der Waals surface area (Å²) < 4.78 is 0. The molecule has 0 spiro atoms. The van der Waals surface area contributed by atoms with Crippen LogP contribution in [-0.2, 0) is 24.0 Å². The van der Waals surface area contributed by atoms with Crippen LogP contribution in [0.2, 0.25) is 0 Å². The predicted molar refractivity (Wildman–Crippen MR) is 117 cm³/mol. The molecule has 18 heteroatoms. The number of rotatable bonds is 11. The molecular formula is C16H35N7O11. The zero-order valence-corrected chi connectivity index (χ0v) is 18.5. The first-order valence-electron chi connectivity index (χ1n) is 9.24. The monoisotopic (exact) mass is 501 g/mol. The van der Waals surface area contributed by atoms with E-state index >= 15 is 0 Å². The Balaban J connectivity index is -0.000000183. The topological polar surface area (TPSA) is 373 Å². The van der Waals surface area contributed by atoms with E-state index in [0.29, 0.717) is 19.4 Å². The lowest BCUT2D eigenvalue weighted by atomic mass is 10.2. The number of carboxylic acid groups (broad SMARTS) is 5. The molecule has 0 saturated carbocycles. The van der Waals surface area contributed by atoms with Crippen LogP contribution >= 0.6 is 0 Å². The maximum atomic E-state index is 10.2. The van der Waals surface area contributed by atoms with Crippen LogP contribution in [0.4, 0.5) is 0 Å². The van der Waals surface area contributed by atoms with Crippen LogP contribution in [0.5, 0.6) is 0 Å². The maximum absolute atomic E-state index is 10.2. The van der Waals surface area contributed by atoms with Gasteiger partial charge in [-0.25, -0.2) is 0 Å². The van der Waals surface area contributed by atoms with Crippen molar-refractivity contribution in [3.05, 3.63) is 0 Å². The van der Waals surface area contributed by atoms with E-state index in [9.17, 15) is 24.0 Å². The summed E-state index contributed by atoms with van der Waals surface area (Å²) in [5.41, 5.74) is 24.7. The van der Waals surface area contributed by atoms with Crippen molar-refractivity contribution in [3.8, 4) is 0 Å². The van der Waals surface area contributed by atoms with Crippen molar-refractivity contribution in [2.75, 3.05) is 13.2 Å². The Morgan fingerprint density at radius 1 is 0.794 bits per heavy atom. The maximum Gasteiger partial charge on any atom is 0.322 e. The van der Waals surface area contributed by atoms with Crippen molar-refractivity contribution in [3.63, 3.8) is 0 Å². The summed E-state index contributed by atoms with van der Waals surface area (Å²) in [6, 6.07) is -3.97. The molecule has 0 bridgehead atoms. The van der Waals surface area contributed by atoms with Gasteiger partial charge < -0.3 is 64.6 Å². The average molecular weight is 501 g/mol. The molecule has 18 nitrogen and oxygen atoms in total. The van der Waals surface area contributed by atoms with Gasteiger partial charge >= 0.3 is 29.8 Å². The molecule has 34 heavy (non-hydrogen) atoms. The standard InChI is InChI=1S/C6H14N4O2.C4H7NO4.C3H7NO3.C3H7NO2/c7-4(5(11)12)2-1-3-10-6(8)9;5-2(4(8)9)1-3(6)7;4-2(1-5)3(6)7;1-2(4)3(5)6/h4H,1-3,7H2,(H,11,12)(H4,8,9,10);2H,1,5H2,(H,6,7)(H,8,9);2,5H,1,4H2,(H,6,7);2H,4H2,1H3,(H,5,6)/t4-;3*2-/m0000/s1. The quantitative estimate of drug-likeness (QED) is 0.0718. The Bertz CT molecular complexity index is 647. The first-order chi connectivity index (χ1) is 15.4. The van der Waals surface area contributed by atoms with Gasteiger partial charge in [0.05, 0.1) is 13.0 Å².